The highest BCUT2D eigenvalue weighted by atomic mass is 35.5. The fraction of sp³-hybridized carbons (Fsp3) is 0. The Morgan fingerprint density at radius 3 is 2.77 bits per heavy atom. The van der Waals surface area contributed by atoms with Crippen LogP contribution in [0.25, 0.3) is 23.0 Å². The highest BCUT2D eigenvalue weighted by Crippen LogP contribution is 2.29. The Morgan fingerprint density at radius 1 is 1.08 bits per heavy atom. The van der Waals surface area contributed by atoms with Crippen molar-refractivity contribution in [2.45, 2.75) is 0 Å². The number of carbonyl (C=O) groups excluding carboxylic acids is 1. The smallest absolute Gasteiger partial charge is 0.260 e. The van der Waals surface area contributed by atoms with Crippen LogP contribution >= 0.6 is 11.6 Å². The van der Waals surface area contributed by atoms with Crippen LogP contribution in [0.4, 0.5) is 5.69 Å². The Kier molecular flexibility index (Phi) is 4.20. The normalized spacial score (nSPS) is 10.7. The number of furan rings is 1. The highest BCUT2D eigenvalue weighted by Gasteiger charge is 2.18. The van der Waals surface area contributed by atoms with E-state index in [4.69, 9.17) is 20.5 Å². The van der Waals surface area contributed by atoms with Crippen molar-refractivity contribution in [3.05, 3.63) is 71.7 Å². The van der Waals surface area contributed by atoms with Gasteiger partial charge in [-0.25, -0.2) is 4.98 Å². The molecule has 4 aromatic rings. The molecule has 0 saturated heterocycles. The Hall–Kier alpha value is -3.45. The Bertz CT molecular complexity index is 1060. The maximum Gasteiger partial charge on any atom is 0.260 e. The van der Waals surface area contributed by atoms with Crippen molar-refractivity contribution in [1.29, 1.82) is 0 Å². The second-order valence-corrected chi connectivity index (χ2v) is 5.60. The van der Waals surface area contributed by atoms with Crippen LogP contribution < -0.4 is 5.32 Å². The van der Waals surface area contributed by atoms with Crippen LogP contribution in [0.3, 0.4) is 0 Å². The summed E-state index contributed by atoms with van der Waals surface area (Å²) in [4.78, 5) is 20.7. The minimum absolute atomic E-state index is 0.125. The monoisotopic (exact) mass is 366 g/mol. The maximum atomic E-state index is 12.5. The quantitative estimate of drug-likeness (QED) is 0.541. The van der Waals surface area contributed by atoms with Gasteiger partial charge in [0.1, 0.15) is 5.15 Å². The largest absolute Gasteiger partial charge is 0.461 e. The van der Waals surface area contributed by atoms with Crippen LogP contribution in [0.1, 0.15) is 10.4 Å². The van der Waals surface area contributed by atoms with Crippen LogP contribution in [0.15, 0.2) is 69.9 Å². The van der Waals surface area contributed by atoms with E-state index in [-0.39, 0.29) is 22.5 Å². The average Bonchev–Trinajstić information content (AvgIpc) is 3.34. The van der Waals surface area contributed by atoms with Gasteiger partial charge < -0.3 is 14.3 Å². The summed E-state index contributed by atoms with van der Waals surface area (Å²) in [6.07, 6.45) is 3.04. The molecule has 0 atom stereocenters. The molecule has 0 aliphatic heterocycles. The molecule has 26 heavy (non-hydrogen) atoms. The number of carbonyl (C=O) groups is 1. The molecule has 0 saturated carbocycles. The second kappa shape index (κ2) is 6.81. The molecule has 0 radical (unpaired) electrons. The van der Waals surface area contributed by atoms with Gasteiger partial charge in [0.2, 0.25) is 5.82 Å². The summed E-state index contributed by atoms with van der Waals surface area (Å²) in [6.45, 7) is 0. The summed E-state index contributed by atoms with van der Waals surface area (Å²) < 4.78 is 10.6. The van der Waals surface area contributed by atoms with E-state index in [1.807, 2.05) is 0 Å². The van der Waals surface area contributed by atoms with E-state index in [2.05, 4.69) is 20.4 Å². The Balaban J connectivity index is 1.65. The lowest BCUT2D eigenvalue weighted by Crippen LogP contribution is -2.13. The van der Waals surface area contributed by atoms with E-state index in [0.29, 0.717) is 22.8 Å². The summed E-state index contributed by atoms with van der Waals surface area (Å²) in [6, 6.07) is 13.8. The first kappa shape index (κ1) is 16.0. The maximum absolute atomic E-state index is 12.5. The fourth-order valence-corrected chi connectivity index (χ4v) is 2.57. The first-order chi connectivity index (χ1) is 12.7. The molecule has 1 aromatic carbocycles. The minimum Gasteiger partial charge on any atom is -0.461 e. The van der Waals surface area contributed by atoms with Crippen molar-refractivity contribution in [3.8, 4) is 23.0 Å². The number of anilines is 1. The Labute approximate surface area is 152 Å². The number of rotatable bonds is 4. The van der Waals surface area contributed by atoms with Gasteiger partial charge in [-0.2, -0.15) is 4.98 Å². The number of halogens is 1. The van der Waals surface area contributed by atoms with Crippen LogP contribution in [0.2, 0.25) is 5.15 Å². The van der Waals surface area contributed by atoms with Gasteiger partial charge in [0.25, 0.3) is 11.8 Å². The molecule has 8 heteroatoms. The topological polar surface area (TPSA) is 94.1 Å². The third-order valence-corrected chi connectivity index (χ3v) is 3.88. The van der Waals surface area contributed by atoms with E-state index in [0.717, 1.165) is 0 Å². The lowest BCUT2D eigenvalue weighted by molar-refractivity contribution is 0.102. The standard InChI is InChI=1S/C18H11ClN4O3/c19-15-12(6-3-9-20-15)17(24)21-13-7-2-1-5-11(13)18-22-16(23-26-18)14-8-4-10-25-14/h1-10H,(H,21,24). The molecule has 1 N–H and O–H groups in total. The number of benzene rings is 1. The lowest BCUT2D eigenvalue weighted by Gasteiger charge is -2.09. The number of pyridine rings is 1. The summed E-state index contributed by atoms with van der Waals surface area (Å²) in [7, 11) is 0. The number of amides is 1. The molecule has 3 aromatic heterocycles. The van der Waals surface area contributed by atoms with Gasteiger partial charge in [-0.15, -0.1) is 0 Å². The zero-order valence-electron chi connectivity index (χ0n) is 13.2. The SMILES string of the molecule is O=C(Nc1ccccc1-c1nc(-c2ccco2)no1)c1cccnc1Cl. The van der Waals surface area contributed by atoms with Gasteiger partial charge in [0, 0.05) is 6.20 Å². The lowest BCUT2D eigenvalue weighted by atomic mass is 10.1. The minimum atomic E-state index is -0.388. The van der Waals surface area contributed by atoms with E-state index < -0.39 is 0 Å². The predicted octanol–water partition coefficient (Wildman–Crippen LogP) is 4.30. The molecule has 0 bridgehead atoms. The molecule has 4 rings (SSSR count). The van der Waals surface area contributed by atoms with Crippen molar-refractivity contribution in [3.63, 3.8) is 0 Å². The van der Waals surface area contributed by atoms with Crippen molar-refractivity contribution >= 4 is 23.2 Å². The first-order valence-corrected chi connectivity index (χ1v) is 7.99. The molecule has 0 aliphatic rings. The van der Waals surface area contributed by atoms with Gasteiger partial charge in [0.05, 0.1) is 23.1 Å². The van der Waals surface area contributed by atoms with Gasteiger partial charge in [-0.05, 0) is 36.4 Å². The number of hydrogen-bond acceptors (Lipinski definition) is 6. The molecule has 0 fully saturated rings. The number of nitrogens with one attached hydrogen (secondary N) is 1. The van der Waals surface area contributed by atoms with Crippen LogP contribution in [-0.2, 0) is 0 Å². The van der Waals surface area contributed by atoms with Crippen molar-refractivity contribution in [2.24, 2.45) is 0 Å². The zero-order chi connectivity index (χ0) is 17.9. The van der Waals surface area contributed by atoms with Crippen LogP contribution in [0.5, 0.6) is 0 Å². The molecule has 128 valence electrons. The van der Waals surface area contributed by atoms with Gasteiger partial charge in [-0.3, -0.25) is 4.79 Å². The average molecular weight is 367 g/mol. The summed E-state index contributed by atoms with van der Waals surface area (Å²) in [5, 5.41) is 6.82. The molecular weight excluding hydrogens is 356 g/mol. The number of aromatic nitrogens is 3. The molecule has 0 aliphatic carbocycles. The zero-order valence-corrected chi connectivity index (χ0v) is 14.0. The summed E-state index contributed by atoms with van der Waals surface area (Å²) in [5.41, 5.74) is 1.35. The molecule has 1 amide bonds. The van der Waals surface area contributed by atoms with Gasteiger partial charge >= 0.3 is 0 Å². The number of nitrogens with zero attached hydrogens (tertiary/aromatic N) is 3. The van der Waals surface area contributed by atoms with E-state index in [1.54, 1.807) is 48.5 Å². The molecule has 0 spiro atoms. The molecule has 0 unspecified atom stereocenters. The molecule has 3 heterocycles. The van der Waals surface area contributed by atoms with Crippen molar-refractivity contribution < 1.29 is 13.7 Å². The first-order valence-electron chi connectivity index (χ1n) is 7.61. The van der Waals surface area contributed by atoms with Crippen LogP contribution in [-0.4, -0.2) is 21.0 Å². The fourth-order valence-electron chi connectivity index (χ4n) is 2.36. The van der Waals surface area contributed by atoms with Crippen molar-refractivity contribution in [2.75, 3.05) is 5.32 Å². The molecular formula is C18H11ClN4O3. The van der Waals surface area contributed by atoms with Gasteiger partial charge in [-0.1, -0.05) is 28.9 Å². The summed E-state index contributed by atoms with van der Waals surface area (Å²) >= 11 is 5.98. The van der Waals surface area contributed by atoms with Crippen LogP contribution in [0, 0.1) is 0 Å². The third-order valence-electron chi connectivity index (χ3n) is 3.58. The number of hydrogen-bond donors (Lipinski definition) is 1. The Morgan fingerprint density at radius 2 is 1.96 bits per heavy atom. The third kappa shape index (κ3) is 3.07. The summed E-state index contributed by atoms with van der Waals surface area (Å²) in [5.74, 6) is 0.677. The molecule has 7 nitrogen and oxygen atoms in total. The van der Waals surface area contributed by atoms with Crippen molar-refractivity contribution in [1.82, 2.24) is 15.1 Å². The highest BCUT2D eigenvalue weighted by molar-refractivity contribution is 6.33. The predicted molar refractivity (Wildman–Crippen MR) is 94.6 cm³/mol. The van der Waals surface area contributed by atoms with Gasteiger partial charge in [0.15, 0.2) is 5.76 Å². The van der Waals surface area contributed by atoms with E-state index in [9.17, 15) is 4.79 Å². The second-order valence-electron chi connectivity index (χ2n) is 5.24. The van der Waals surface area contributed by atoms with E-state index >= 15 is 0 Å². The number of para-hydroxylation sites is 1. The van der Waals surface area contributed by atoms with E-state index in [1.165, 1.54) is 12.5 Å².